The highest BCUT2D eigenvalue weighted by molar-refractivity contribution is 5.94. The normalized spacial score (nSPS) is 15.7. The number of para-hydroxylation sites is 1. The van der Waals surface area contributed by atoms with E-state index in [0.29, 0.717) is 23.9 Å². The van der Waals surface area contributed by atoms with Gasteiger partial charge in [0.25, 0.3) is 5.91 Å². The molecule has 1 aromatic heterocycles. The van der Waals surface area contributed by atoms with E-state index in [4.69, 9.17) is 4.42 Å². The van der Waals surface area contributed by atoms with Crippen molar-refractivity contribution in [1.82, 2.24) is 15.1 Å². The van der Waals surface area contributed by atoms with Crippen molar-refractivity contribution in [2.24, 2.45) is 0 Å². The Hall–Kier alpha value is -3.93. The number of hydrogen-bond acceptors (Lipinski definition) is 5. The first-order valence-electron chi connectivity index (χ1n) is 10.8. The van der Waals surface area contributed by atoms with Gasteiger partial charge in [0, 0.05) is 41.5 Å². The Morgan fingerprint density at radius 1 is 0.938 bits per heavy atom. The van der Waals surface area contributed by atoms with Crippen molar-refractivity contribution in [3.05, 3.63) is 90.0 Å². The molecule has 5 rings (SSSR count). The molecule has 1 aliphatic heterocycles. The maximum atomic E-state index is 13.0. The molecule has 1 unspecified atom stereocenters. The number of amides is 1. The number of aromatic nitrogens is 2. The van der Waals surface area contributed by atoms with E-state index in [-0.39, 0.29) is 11.9 Å². The summed E-state index contributed by atoms with van der Waals surface area (Å²) in [6.45, 7) is 3.45. The summed E-state index contributed by atoms with van der Waals surface area (Å²) in [7, 11) is 0. The Morgan fingerprint density at radius 2 is 1.66 bits per heavy atom. The zero-order valence-corrected chi connectivity index (χ0v) is 17.9. The van der Waals surface area contributed by atoms with Gasteiger partial charge in [-0.2, -0.15) is 0 Å². The molecular weight excluding hydrogens is 400 g/mol. The summed E-state index contributed by atoms with van der Waals surface area (Å²) in [4.78, 5) is 14.9. The molecule has 0 bridgehead atoms. The van der Waals surface area contributed by atoms with Crippen molar-refractivity contribution >= 4 is 11.6 Å². The van der Waals surface area contributed by atoms with Crippen LogP contribution in [0.25, 0.3) is 22.9 Å². The average molecular weight is 425 g/mol. The van der Waals surface area contributed by atoms with Crippen LogP contribution in [0, 0.1) is 6.92 Å². The number of anilines is 1. The summed E-state index contributed by atoms with van der Waals surface area (Å²) in [5.41, 5.74) is 4.53. The fourth-order valence-electron chi connectivity index (χ4n) is 4.03. The van der Waals surface area contributed by atoms with Crippen molar-refractivity contribution in [1.29, 1.82) is 0 Å². The Labute approximate surface area is 186 Å². The fourth-order valence-corrected chi connectivity index (χ4v) is 4.03. The maximum absolute atomic E-state index is 13.0. The number of likely N-dealkylation sites (tertiary alicyclic amines) is 1. The van der Waals surface area contributed by atoms with Crippen LogP contribution in [-0.4, -0.2) is 40.1 Å². The lowest BCUT2D eigenvalue weighted by molar-refractivity contribution is 0.0791. The van der Waals surface area contributed by atoms with Gasteiger partial charge in [-0.3, -0.25) is 4.79 Å². The quantitative estimate of drug-likeness (QED) is 0.486. The van der Waals surface area contributed by atoms with Crippen molar-refractivity contribution in [2.45, 2.75) is 19.4 Å². The van der Waals surface area contributed by atoms with Gasteiger partial charge in [-0.05, 0) is 61.4 Å². The second-order valence-electron chi connectivity index (χ2n) is 8.05. The van der Waals surface area contributed by atoms with Crippen molar-refractivity contribution < 1.29 is 9.21 Å². The lowest BCUT2D eigenvalue weighted by Crippen LogP contribution is -2.31. The van der Waals surface area contributed by atoms with Gasteiger partial charge in [0.2, 0.25) is 11.8 Å². The number of hydrogen-bond donors (Lipinski definition) is 1. The molecule has 6 nitrogen and oxygen atoms in total. The standard InChI is InChI=1S/C26H24N4O2/c1-18-7-5-6-10-23(18)25-29-28-24(32-25)19-11-13-20(14-12-19)26(31)30-16-15-22(17-30)27-21-8-3-2-4-9-21/h2-14,22,27H,15-17H2,1H3. The Morgan fingerprint density at radius 3 is 2.44 bits per heavy atom. The van der Waals surface area contributed by atoms with Crippen LogP contribution in [0.2, 0.25) is 0 Å². The Kier molecular flexibility index (Phi) is 5.42. The molecule has 4 aromatic rings. The van der Waals surface area contributed by atoms with Gasteiger partial charge in [0.15, 0.2) is 0 Å². The van der Waals surface area contributed by atoms with Crippen LogP contribution in [0.1, 0.15) is 22.3 Å². The fraction of sp³-hybridized carbons (Fsp3) is 0.192. The lowest BCUT2D eigenvalue weighted by Gasteiger charge is -2.18. The number of rotatable bonds is 5. The minimum Gasteiger partial charge on any atom is -0.416 e. The largest absolute Gasteiger partial charge is 0.416 e. The highest BCUT2D eigenvalue weighted by atomic mass is 16.4. The molecule has 2 heterocycles. The molecule has 0 spiro atoms. The van der Waals surface area contributed by atoms with Gasteiger partial charge in [-0.15, -0.1) is 10.2 Å². The first kappa shape index (κ1) is 20.0. The van der Waals surface area contributed by atoms with Crippen LogP contribution < -0.4 is 5.32 Å². The van der Waals surface area contributed by atoms with E-state index >= 15 is 0 Å². The Balaban J connectivity index is 1.25. The van der Waals surface area contributed by atoms with Gasteiger partial charge >= 0.3 is 0 Å². The number of benzene rings is 3. The predicted molar refractivity (Wildman–Crippen MR) is 124 cm³/mol. The second kappa shape index (κ2) is 8.67. The first-order chi connectivity index (χ1) is 15.7. The highest BCUT2D eigenvalue weighted by Gasteiger charge is 2.27. The highest BCUT2D eigenvalue weighted by Crippen LogP contribution is 2.26. The van der Waals surface area contributed by atoms with Gasteiger partial charge < -0.3 is 14.6 Å². The number of carbonyl (C=O) groups excluding carboxylic acids is 1. The number of carbonyl (C=O) groups is 1. The molecule has 0 saturated carbocycles. The van der Waals surface area contributed by atoms with Crippen molar-refractivity contribution in [2.75, 3.05) is 18.4 Å². The molecule has 1 atom stereocenters. The molecule has 1 saturated heterocycles. The zero-order valence-electron chi connectivity index (χ0n) is 17.9. The third kappa shape index (κ3) is 4.12. The summed E-state index contributed by atoms with van der Waals surface area (Å²) in [5.74, 6) is 0.975. The average Bonchev–Trinajstić information content (AvgIpc) is 3.50. The van der Waals surface area contributed by atoms with Crippen LogP contribution in [-0.2, 0) is 0 Å². The van der Waals surface area contributed by atoms with Gasteiger partial charge in [-0.25, -0.2) is 0 Å². The lowest BCUT2D eigenvalue weighted by atomic mass is 10.1. The Bertz CT molecular complexity index is 1220. The topological polar surface area (TPSA) is 71.3 Å². The summed E-state index contributed by atoms with van der Waals surface area (Å²) >= 11 is 0. The molecule has 3 aromatic carbocycles. The number of nitrogens with one attached hydrogen (secondary N) is 1. The molecular formula is C26H24N4O2. The summed E-state index contributed by atoms with van der Waals surface area (Å²) in [6, 6.07) is 25.6. The van der Waals surface area contributed by atoms with Gasteiger partial charge in [0.1, 0.15) is 0 Å². The van der Waals surface area contributed by atoms with E-state index in [2.05, 4.69) is 15.5 Å². The molecule has 1 N–H and O–H groups in total. The molecule has 32 heavy (non-hydrogen) atoms. The smallest absolute Gasteiger partial charge is 0.253 e. The number of aryl methyl sites for hydroxylation is 1. The van der Waals surface area contributed by atoms with E-state index in [0.717, 1.165) is 35.3 Å². The first-order valence-corrected chi connectivity index (χ1v) is 10.8. The van der Waals surface area contributed by atoms with Gasteiger partial charge in [0.05, 0.1) is 0 Å². The van der Waals surface area contributed by atoms with Crippen molar-refractivity contribution in [3.8, 4) is 22.9 Å². The van der Waals surface area contributed by atoms with E-state index in [1.807, 2.05) is 90.7 Å². The molecule has 0 radical (unpaired) electrons. The van der Waals surface area contributed by atoms with Crippen LogP contribution in [0.15, 0.2) is 83.3 Å². The van der Waals surface area contributed by atoms with Crippen LogP contribution in [0.3, 0.4) is 0 Å². The van der Waals surface area contributed by atoms with Crippen LogP contribution in [0.5, 0.6) is 0 Å². The van der Waals surface area contributed by atoms with Crippen LogP contribution >= 0.6 is 0 Å². The molecule has 1 fully saturated rings. The summed E-state index contributed by atoms with van der Waals surface area (Å²) in [5, 5.41) is 11.9. The minimum absolute atomic E-state index is 0.0417. The maximum Gasteiger partial charge on any atom is 0.253 e. The summed E-state index contributed by atoms with van der Waals surface area (Å²) < 4.78 is 5.88. The van der Waals surface area contributed by atoms with Gasteiger partial charge in [-0.1, -0.05) is 36.4 Å². The third-order valence-electron chi connectivity index (χ3n) is 5.80. The monoisotopic (exact) mass is 424 g/mol. The molecule has 6 heteroatoms. The molecule has 160 valence electrons. The molecule has 1 aliphatic rings. The van der Waals surface area contributed by atoms with E-state index in [1.165, 1.54) is 0 Å². The molecule has 0 aliphatic carbocycles. The SMILES string of the molecule is Cc1ccccc1-c1nnc(-c2ccc(C(=O)N3CCC(Nc4ccccc4)C3)cc2)o1. The zero-order chi connectivity index (χ0) is 21.9. The predicted octanol–water partition coefficient (Wildman–Crippen LogP) is 5.04. The van der Waals surface area contributed by atoms with E-state index in [1.54, 1.807) is 0 Å². The van der Waals surface area contributed by atoms with E-state index in [9.17, 15) is 4.79 Å². The third-order valence-corrected chi connectivity index (χ3v) is 5.80. The molecule has 1 amide bonds. The number of nitrogens with zero attached hydrogens (tertiary/aromatic N) is 3. The minimum atomic E-state index is 0.0417. The second-order valence-corrected chi connectivity index (χ2v) is 8.05. The summed E-state index contributed by atoms with van der Waals surface area (Å²) in [6.07, 6.45) is 0.933. The van der Waals surface area contributed by atoms with Crippen molar-refractivity contribution in [3.63, 3.8) is 0 Å². The van der Waals surface area contributed by atoms with Crippen LogP contribution in [0.4, 0.5) is 5.69 Å². The van der Waals surface area contributed by atoms with E-state index < -0.39 is 0 Å².